The molecular formula is C28H22FN3O5. The molecule has 3 heterocycles. The smallest absolute Gasteiger partial charge is 0.337 e. The molecule has 5 rings (SSSR count). The van der Waals surface area contributed by atoms with Crippen LogP contribution < -0.4 is 0 Å². The fourth-order valence-corrected chi connectivity index (χ4v) is 4.83. The summed E-state index contributed by atoms with van der Waals surface area (Å²) in [6.07, 6.45) is 4.99. The largest absolute Gasteiger partial charge is 0.465 e. The summed E-state index contributed by atoms with van der Waals surface area (Å²) >= 11 is 0. The number of amides is 1. The van der Waals surface area contributed by atoms with Gasteiger partial charge in [0.25, 0.3) is 5.91 Å². The lowest BCUT2D eigenvalue weighted by Gasteiger charge is -2.27. The van der Waals surface area contributed by atoms with Gasteiger partial charge in [-0.3, -0.25) is 19.4 Å². The van der Waals surface area contributed by atoms with E-state index in [0.29, 0.717) is 23.1 Å². The van der Waals surface area contributed by atoms with E-state index in [1.54, 1.807) is 36.5 Å². The van der Waals surface area contributed by atoms with E-state index < -0.39 is 35.4 Å². The quantitative estimate of drug-likeness (QED) is 0.180. The summed E-state index contributed by atoms with van der Waals surface area (Å²) in [5.41, 5.74) is 2.53. The van der Waals surface area contributed by atoms with Crippen LogP contribution in [-0.2, 0) is 20.7 Å². The molecule has 0 aliphatic carbocycles. The van der Waals surface area contributed by atoms with Gasteiger partial charge in [0, 0.05) is 41.6 Å². The fourth-order valence-electron chi connectivity index (χ4n) is 4.83. The number of pyridine rings is 1. The van der Waals surface area contributed by atoms with Crippen LogP contribution in [0, 0.1) is 11.7 Å². The van der Waals surface area contributed by atoms with E-state index in [-0.39, 0.29) is 17.9 Å². The molecule has 1 aliphatic heterocycles. The number of aromatic nitrogens is 2. The Labute approximate surface area is 211 Å². The first-order valence-corrected chi connectivity index (χ1v) is 11.6. The highest BCUT2D eigenvalue weighted by atomic mass is 19.1. The van der Waals surface area contributed by atoms with Crippen molar-refractivity contribution < 1.29 is 28.3 Å². The second-order valence-electron chi connectivity index (χ2n) is 8.76. The summed E-state index contributed by atoms with van der Waals surface area (Å²) in [7, 11) is 1.27. The lowest BCUT2D eigenvalue weighted by atomic mass is 9.86. The Morgan fingerprint density at radius 1 is 1.08 bits per heavy atom. The summed E-state index contributed by atoms with van der Waals surface area (Å²) in [6.45, 7) is 0.148. The van der Waals surface area contributed by atoms with E-state index >= 15 is 0 Å². The molecule has 37 heavy (non-hydrogen) atoms. The number of likely N-dealkylation sites (tertiary alicyclic amines) is 1. The number of rotatable bonds is 7. The topological polar surface area (TPSA) is 109 Å². The van der Waals surface area contributed by atoms with E-state index in [9.17, 15) is 23.6 Å². The third-order valence-corrected chi connectivity index (χ3v) is 6.66. The van der Waals surface area contributed by atoms with Gasteiger partial charge in [-0.1, -0.05) is 12.1 Å². The van der Waals surface area contributed by atoms with Gasteiger partial charge in [-0.25, -0.2) is 9.18 Å². The highest BCUT2D eigenvalue weighted by Gasteiger charge is 2.51. The van der Waals surface area contributed by atoms with Gasteiger partial charge in [0.2, 0.25) is 5.78 Å². The third-order valence-electron chi connectivity index (χ3n) is 6.66. The number of halogens is 1. The lowest BCUT2D eigenvalue weighted by molar-refractivity contribution is -0.140. The molecule has 1 N–H and O–H groups in total. The number of benzene rings is 2. The summed E-state index contributed by atoms with van der Waals surface area (Å²) in [4.78, 5) is 60.1. The van der Waals surface area contributed by atoms with Crippen molar-refractivity contribution in [3.05, 3.63) is 101 Å². The van der Waals surface area contributed by atoms with Gasteiger partial charge in [0.1, 0.15) is 11.7 Å². The highest BCUT2D eigenvalue weighted by molar-refractivity contribution is 6.44. The Bertz CT molecular complexity index is 1510. The zero-order valence-electron chi connectivity index (χ0n) is 19.8. The molecule has 0 bridgehead atoms. The molecule has 0 radical (unpaired) electrons. The number of hydrogen-bond donors (Lipinski definition) is 1. The molecule has 2 aromatic carbocycles. The number of ketones is 2. The standard InChI is InChI=1S/C28H22FN3O5/c1-37-28(36)17-6-4-16(5-7-17)24-23(25(33)19-3-2-11-30-14-19)26(34)27(35)32(24)12-10-18-15-31-22-13-20(29)8-9-21(18)22/h2-9,11,13-15,23-24,31H,10,12H2,1H3. The number of nitrogens with zero attached hydrogens (tertiary/aromatic N) is 2. The molecule has 8 nitrogen and oxygen atoms in total. The molecular weight excluding hydrogens is 477 g/mol. The van der Waals surface area contributed by atoms with Crippen molar-refractivity contribution in [3.63, 3.8) is 0 Å². The first kappa shape index (κ1) is 24.1. The van der Waals surface area contributed by atoms with Gasteiger partial charge in [0.05, 0.1) is 18.7 Å². The second kappa shape index (κ2) is 9.77. The van der Waals surface area contributed by atoms with Gasteiger partial charge in [-0.15, -0.1) is 0 Å². The minimum absolute atomic E-state index is 0.148. The Morgan fingerprint density at radius 3 is 2.57 bits per heavy atom. The van der Waals surface area contributed by atoms with Crippen LogP contribution in [0.5, 0.6) is 0 Å². The minimum Gasteiger partial charge on any atom is -0.465 e. The summed E-state index contributed by atoms with van der Waals surface area (Å²) in [6, 6.07) is 13.0. The van der Waals surface area contributed by atoms with Crippen LogP contribution in [0.2, 0.25) is 0 Å². The molecule has 1 aliphatic rings. The van der Waals surface area contributed by atoms with Gasteiger partial charge in [0.15, 0.2) is 5.78 Å². The second-order valence-corrected chi connectivity index (χ2v) is 8.76. The molecule has 2 aromatic heterocycles. The van der Waals surface area contributed by atoms with Crippen molar-refractivity contribution >= 4 is 34.3 Å². The molecule has 1 saturated heterocycles. The SMILES string of the molecule is COC(=O)c1ccc(C2C(C(=O)c3cccnc3)C(=O)C(=O)N2CCc2c[nH]c3cc(F)ccc23)cc1. The number of hydrogen-bond acceptors (Lipinski definition) is 6. The number of carbonyl (C=O) groups excluding carboxylic acids is 4. The van der Waals surface area contributed by atoms with Crippen molar-refractivity contribution in [2.45, 2.75) is 12.5 Å². The zero-order valence-corrected chi connectivity index (χ0v) is 19.8. The summed E-state index contributed by atoms with van der Waals surface area (Å²) in [5, 5.41) is 0.807. The van der Waals surface area contributed by atoms with Crippen LogP contribution in [0.1, 0.15) is 37.9 Å². The number of fused-ring (bicyclic) bond motifs is 1. The first-order valence-electron chi connectivity index (χ1n) is 11.6. The van der Waals surface area contributed by atoms with Crippen molar-refractivity contribution in [1.29, 1.82) is 0 Å². The van der Waals surface area contributed by atoms with E-state index in [0.717, 1.165) is 10.9 Å². The van der Waals surface area contributed by atoms with Gasteiger partial charge in [-0.05, 0) is 60.0 Å². The summed E-state index contributed by atoms with van der Waals surface area (Å²) < 4.78 is 18.3. The summed E-state index contributed by atoms with van der Waals surface area (Å²) in [5.74, 6) is -4.21. The number of ether oxygens (including phenoxy) is 1. The molecule has 4 aromatic rings. The number of aromatic amines is 1. The third kappa shape index (κ3) is 4.40. The van der Waals surface area contributed by atoms with Crippen LogP contribution in [0.3, 0.4) is 0 Å². The molecule has 186 valence electrons. The molecule has 0 saturated carbocycles. The lowest BCUT2D eigenvalue weighted by Crippen LogP contribution is -2.32. The van der Waals surface area contributed by atoms with Crippen molar-refractivity contribution in [2.75, 3.05) is 13.7 Å². The molecule has 9 heteroatoms. The molecule has 0 spiro atoms. The van der Waals surface area contributed by atoms with Crippen molar-refractivity contribution in [1.82, 2.24) is 14.9 Å². The predicted molar refractivity (Wildman–Crippen MR) is 131 cm³/mol. The number of H-pyrrole nitrogens is 1. The Kier molecular flexibility index (Phi) is 6.35. The van der Waals surface area contributed by atoms with E-state index in [4.69, 9.17) is 4.74 Å². The number of carbonyl (C=O) groups is 4. The minimum atomic E-state index is -1.27. The molecule has 1 fully saturated rings. The normalized spacial score (nSPS) is 17.4. The van der Waals surface area contributed by atoms with Gasteiger partial charge >= 0.3 is 5.97 Å². The average Bonchev–Trinajstić information content (AvgIpc) is 3.44. The zero-order chi connectivity index (χ0) is 26.1. The van der Waals surface area contributed by atoms with E-state index in [2.05, 4.69) is 9.97 Å². The van der Waals surface area contributed by atoms with E-state index in [1.807, 2.05) is 0 Å². The Balaban J connectivity index is 1.51. The first-order chi connectivity index (χ1) is 17.9. The van der Waals surface area contributed by atoms with Crippen LogP contribution >= 0.6 is 0 Å². The number of esters is 1. The van der Waals surface area contributed by atoms with Crippen LogP contribution in [0.4, 0.5) is 4.39 Å². The monoisotopic (exact) mass is 499 g/mol. The number of nitrogens with one attached hydrogen (secondary N) is 1. The van der Waals surface area contributed by atoms with Crippen molar-refractivity contribution in [2.24, 2.45) is 5.92 Å². The predicted octanol–water partition coefficient (Wildman–Crippen LogP) is 3.68. The molecule has 2 unspecified atom stereocenters. The van der Waals surface area contributed by atoms with Gasteiger partial charge in [-0.2, -0.15) is 0 Å². The average molecular weight is 499 g/mol. The van der Waals surface area contributed by atoms with Crippen LogP contribution in [0.25, 0.3) is 10.9 Å². The maximum Gasteiger partial charge on any atom is 0.337 e. The van der Waals surface area contributed by atoms with Crippen LogP contribution in [0.15, 0.2) is 73.2 Å². The number of Topliss-reactive ketones (excluding diaryl/α,β-unsaturated/α-hetero) is 2. The fraction of sp³-hybridized carbons (Fsp3) is 0.179. The highest BCUT2D eigenvalue weighted by Crippen LogP contribution is 2.38. The Hall–Kier alpha value is -4.66. The molecule has 1 amide bonds. The molecule has 2 atom stereocenters. The van der Waals surface area contributed by atoms with Crippen molar-refractivity contribution in [3.8, 4) is 0 Å². The Morgan fingerprint density at radius 2 is 1.86 bits per heavy atom. The maximum atomic E-state index is 13.6. The van der Waals surface area contributed by atoms with E-state index in [1.165, 1.54) is 48.7 Å². The number of methoxy groups -OCH3 is 1. The van der Waals surface area contributed by atoms with Gasteiger partial charge < -0.3 is 14.6 Å². The van der Waals surface area contributed by atoms with Crippen LogP contribution in [-0.4, -0.2) is 52.0 Å². The maximum absolute atomic E-state index is 13.6.